The van der Waals surface area contributed by atoms with E-state index in [9.17, 15) is 23.1 Å². The summed E-state index contributed by atoms with van der Waals surface area (Å²) >= 11 is 6.70. The number of halogens is 4. The van der Waals surface area contributed by atoms with Gasteiger partial charge in [0.15, 0.2) is 5.95 Å². The smallest absolute Gasteiger partial charge is 0.416 e. The van der Waals surface area contributed by atoms with E-state index in [2.05, 4.69) is 15.1 Å². The number of alkyl halides is 3. The number of carbonyl (C=O) groups is 1. The summed E-state index contributed by atoms with van der Waals surface area (Å²) in [5.74, 6) is -1.65. The second-order valence-corrected chi connectivity index (χ2v) is 7.31. The molecule has 0 saturated heterocycles. The van der Waals surface area contributed by atoms with Crippen LogP contribution in [-0.4, -0.2) is 16.9 Å². The molecule has 0 spiro atoms. The summed E-state index contributed by atoms with van der Waals surface area (Å²) in [4.78, 5) is 12.2. The zero-order valence-corrected chi connectivity index (χ0v) is 16.4. The normalized spacial score (nSPS) is 11.5. The number of rotatable bonds is 5. The number of hydrogen-bond donors (Lipinski definition) is 1. The highest BCUT2D eigenvalue weighted by molar-refractivity contribution is 7.99. The Bertz CT molecular complexity index is 1040. The van der Waals surface area contributed by atoms with E-state index >= 15 is 0 Å². The van der Waals surface area contributed by atoms with Gasteiger partial charge in [-0.3, -0.25) is 4.79 Å². The maximum atomic E-state index is 12.8. The number of thioether (sulfide) groups is 1. The number of carbonyl (C=O) groups excluding carboxylic acids is 1. The van der Waals surface area contributed by atoms with E-state index < -0.39 is 23.6 Å². The standard InChI is InChI=1S/C18H13ClF3N3O3S/c1-10-2-5-12(6-3-10)25-16(17(27)28-24-25)29-9-15(26)23-14-8-11(18(20,21)22)4-7-13(14)19/h2-8H,9H2,1H3,(H-,23,24,26,27). The summed E-state index contributed by atoms with van der Waals surface area (Å²) in [7, 11) is 0. The molecular formula is C18H13ClF3N3O3S. The molecule has 0 fully saturated rings. The Morgan fingerprint density at radius 1 is 1.28 bits per heavy atom. The lowest BCUT2D eigenvalue weighted by molar-refractivity contribution is -0.705. The number of benzene rings is 2. The number of hydrogen-bond acceptors (Lipinski definition) is 5. The van der Waals surface area contributed by atoms with Gasteiger partial charge in [-0.2, -0.15) is 13.2 Å². The van der Waals surface area contributed by atoms with Gasteiger partial charge in [-0.15, -0.1) is 0 Å². The van der Waals surface area contributed by atoms with Crippen molar-refractivity contribution in [3.63, 3.8) is 0 Å². The van der Waals surface area contributed by atoms with Crippen LogP contribution in [0.5, 0.6) is 5.95 Å². The predicted molar refractivity (Wildman–Crippen MR) is 98.0 cm³/mol. The monoisotopic (exact) mass is 443 g/mol. The van der Waals surface area contributed by atoms with Gasteiger partial charge in [-0.1, -0.05) is 29.3 Å². The minimum absolute atomic E-state index is 0.0411. The highest BCUT2D eigenvalue weighted by Crippen LogP contribution is 2.34. The van der Waals surface area contributed by atoms with Gasteiger partial charge >= 0.3 is 6.18 Å². The zero-order chi connectivity index (χ0) is 21.2. The first-order chi connectivity index (χ1) is 13.6. The van der Waals surface area contributed by atoms with E-state index in [-0.39, 0.29) is 21.5 Å². The van der Waals surface area contributed by atoms with Crippen LogP contribution in [0.1, 0.15) is 11.1 Å². The average molecular weight is 444 g/mol. The third-order valence-corrected chi connectivity index (χ3v) is 5.11. The fourth-order valence-electron chi connectivity index (χ4n) is 2.33. The van der Waals surface area contributed by atoms with Crippen LogP contribution < -0.4 is 15.1 Å². The molecule has 0 bridgehead atoms. The molecule has 0 radical (unpaired) electrons. The zero-order valence-electron chi connectivity index (χ0n) is 14.8. The Morgan fingerprint density at radius 3 is 2.62 bits per heavy atom. The van der Waals surface area contributed by atoms with Crippen molar-refractivity contribution >= 4 is 35.0 Å². The molecule has 3 rings (SSSR count). The van der Waals surface area contributed by atoms with E-state index in [1.807, 2.05) is 19.1 Å². The van der Waals surface area contributed by atoms with Crippen molar-refractivity contribution in [1.82, 2.24) is 5.27 Å². The molecule has 0 aliphatic rings. The Kier molecular flexibility index (Phi) is 6.04. The minimum Gasteiger partial charge on any atom is -0.538 e. The lowest BCUT2D eigenvalue weighted by Crippen LogP contribution is -2.35. The maximum Gasteiger partial charge on any atom is 0.416 e. The van der Waals surface area contributed by atoms with Crippen molar-refractivity contribution in [1.29, 1.82) is 0 Å². The molecule has 0 unspecified atom stereocenters. The second-order valence-electron chi connectivity index (χ2n) is 5.94. The summed E-state index contributed by atoms with van der Waals surface area (Å²) in [6, 6.07) is 9.70. The highest BCUT2D eigenvalue weighted by Gasteiger charge is 2.31. The maximum absolute atomic E-state index is 12.8. The molecule has 1 amide bonds. The highest BCUT2D eigenvalue weighted by atomic mass is 35.5. The molecule has 1 heterocycles. The molecule has 2 aromatic carbocycles. The molecule has 0 atom stereocenters. The van der Waals surface area contributed by atoms with Gasteiger partial charge in [0.25, 0.3) is 5.03 Å². The Labute approximate surface area is 172 Å². The molecule has 1 aromatic heterocycles. The first-order valence-corrected chi connectivity index (χ1v) is 9.47. The van der Waals surface area contributed by atoms with Gasteiger partial charge < -0.3 is 14.9 Å². The quantitative estimate of drug-likeness (QED) is 0.480. The second kappa shape index (κ2) is 8.34. The number of aryl methyl sites for hydroxylation is 1. The fraction of sp³-hybridized carbons (Fsp3) is 0.167. The van der Waals surface area contributed by atoms with Crippen molar-refractivity contribution in [3.05, 3.63) is 58.6 Å². The van der Waals surface area contributed by atoms with Crippen LogP contribution >= 0.6 is 23.4 Å². The molecule has 11 heteroatoms. The number of aromatic nitrogens is 2. The van der Waals surface area contributed by atoms with Crippen LogP contribution in [-0.2, 0) is 11.0 Å². The SMILES string of the molecule is Cc1ccc(-[n+]2noc([O-])c2SCC(=O)Nc2cc(C(F)(F)F)ccc2Cl)cc1. The van der Waals surface area contributed by atoms with E-state index in [4.69, 9.17) is 11.6 Å². The van der Waals surface area contributed by atoms with E-state index in [0.717, 1.165) is 35.5 Å². The molecule has 152 valence electrons. The van der Waals surface area contributed by atoms with Crippen LogP contribution in [0.4, 0.5) is 18.9 Å². The van der Waals surface area contributed by atoms with Gasteiger partial charge in [0.1, 0.15) is 0 Å². The Hall–Kier alpha value is -2.72. The van der Waals surface area contributed by atoms with Crippen molar-refractivity contribution < 1.29 is 32.3 Å². The largest absolute Gasteiger partial charge is 0.538 e. The number of nitrogens with one attached hydrogen (secondary N) is 1. The summed E-state index contributed by atoms with van der Waals surface area (Å²) < 4.78 is 44.4. The van der Waals surface area contributed by atoms with Crippen molar-refractivity contribution in [3.8, 4) is 11.6 Å². The summed E-state index contributed by atoms with van der Waals surface area (Å²) in [6.45, 7) is 1.90. The molecule has 29 heavy (non-hydrogen) atoms. The summed E-state index contributed by atoms with van der Waals surface area (Å²) in [5.41, 5.74) is 0.450. The number of amides is 1. The molecule has 3 aromatic rings. The van der Waals surface area contributed by atoms with Gasteiger partial charge in [0, 0.05) is 12.1 Å². The first kappa shape index (κ1) is 21.0. The van der Waals surface area contributed by atoms with E-state index in [1.165, 1.54) is 4.68 Å². The minimum atomic E-state index is -4.57. The van der Waals surface area contributed by atoms with Gasteiger partial charge in [0.2, 0.25) is 11.6 Å². The lowest BCUT2D eigenvalue weighted by atomic mass is 10.2. The van der Waals surface area contributed by atoms with Gasteiger partial charge in [0.05, 0.1) is 27.3 Å². The first-order valence-electron chi connectivity index (χ1n) is 8.10. The van der Waals surface area contributed by atoms with Gasteiger partial charge in [-0.05, 0) is 41.6 Å². The molecule has 0 aliphatic heterocycles. The number of anilines is 1. The summed E-state index contributed by atoms with van der Waals surface area (Å²) in [6.07, 6.45) is -4.57. The third-order valence-electron chi connectivity index (χ3n) is 3.76. The molecule has 1 N–H and O–H groups in total. The lowest BCUT2D eigenvalue weighted by Gasteiger charge is -2.11. The molecule has 0 saturated carbocycles. The van der Waals surface area contributed by atoms with E-state index in [0.29, 0.717) is 5.69 Å². The van der Waals surface area contributed by atoms with Crippen molar-refractivity contribution in [2.24, 2.45) is 0 Å². The van der Waals surface area contributed by atoms with Gasteiger partial charge in [-0.25, -0.2) is 0 Å². The predicted octanol–water partition coefficient (Wildman–Crippen LogP) is 3.74. The molecule has 6 nitrogen and oxygen atoms in total. The fourth-order valence-corrected chi connectivity index (χ4v) is 3.25. The van der Waals surface area contributed by atoms with Crippen LogP contribution in [0.2, 0.25) is 5.02 Å². The third kappa shape index (κ3) is 5.01. The van der Waals surface area contributed by atoms with Crippen molar-refractivity contribution in [2.45, 2.75) is 18.1 Å². The van der Waals surface area contributed by atoms with Crippen LogP contribution in [0.3, 0.4) is 0 Å². The van der Waals surface area contributed by atoms with E-state index in [1.54, 1.807) is 12.1 Å². The Morgan fingerprint density at radius 2 is 1.97 bits per heavy atom. The summed E-state index contributed by atoms with van der Waals surface area (Å²) in [5, 5.41) is 17.9. The average Bonchev–Trinajstić information content (AvgIpc) is 3.02. The van der Waals surface area contributed by atoms with Crippen LogP contribution in [0, 0.1) is 6.92 Å². The number of nitrogens with zero attached hydrogens (tertiary/aromatic N) is 2. The van der Waals surface area contributed by atoms with Crippen molar-refractivity contribution in [2.75, 3.05) is 11.1 Å². The molecular weight excluding hydrogens is 431 g/mol. The topological polar surface area (TPSA) is 82.1 Å². The molecule has 0 aliphatic carbocycles. The Balaban J connectivity index is 1.72. The van der Waals surface area contributed by atoms with Crippen LogP contribution in [0.25, 0.3) is 5.69 Å². The van der Waals surface area contributed by atoms with Crippen LogP contribution in [0.15, 0.2) is 52.0 Å².